The van der Waals surface area contributed by atoms with Crippen LogP contribution in [0.2, 0.25) is 0 Å². The monoisotopic (exact) mass is 302 g/mol. The van der Waals surface area contributed by atoms with Crippen LogP contribution in [0.25, 0.3) is 0 Å². The molecular formula is C12H18N2O5S. The zero-order valence-corrected chi connectivity index (χ0v) is 12.3. The van der Waals surface area contributed by atoms with Crippen molar-refractivity contribution < 1.29 is 22.4 Å². The molecule has 2 rings (SSSR count). The SMILES string of the molecule is COCCN(C(=O)c1cc(S(N)(=O)=O)c(C)o1)C1CC1. The van der Waals surface area contributed by atoms with E-state index in [-0.39, 0.29) is 28.4 Å². The lowest BCUT2D eigenvalue weighted by atomic mass is 10.3. The van der Waals surface area contributed by atoms with Gasteiger partial charge in [0.1, 0.15) is 10.7 Å². The van der Waals surface area contributed by atoms with Crippen molar-refractivity contribution in [1.82, 2.24) is 4.90 Å². The highest BCUT2D eigenvalue weighted by molar-refractivity contribution is 7.89. The van der Waals surface area contributed by atoms with E-state index in [0.717, 1.165) is 12.8 Å². The maximum Gasteiger partial charge on any atom is 0.289 e. The number of furan rings is 1. The molecule has 0 spiro atoms. The standard InChI is InChI=1S/C12H18N2O5S/c1-8-11(20(13,16)17)7-10(19-8)12(15)14(5-6-18-2)9-3-4-9/h7,9H,3-6H2,1-2H3,(H2,13,16,17). The predicted molar refractivity (Wildman–Crippen MR) is 70.8 cm³/mol. The summed E-state index contributed by atoms with van der Waals surface area (Å²) < 4.78 is 32.9. The van der Waals surface area contributed by atoms with Crippen molar-refractivity contribution >= 4 is 15.9 Å². The third kappa shape index (κ3) is 3.20. The van der Waals surface area contributed by atoms with Crippen molar-refractivity contribution in [1.29, 1.82) is 0 Å². The summed E-state index contributed by atoms with van der Waals surface area (Å²) in [7, 11) is -2.32. The van der Waals surface area contributed by atoms with E-state index in [2.05, 4.69) is 0 Å². The molecule has 0 saturated heterocycles. The minimum atomic E-state index is -3.88. The quantitative estimate of drug-likeness (QED) is 0.823. The molecule has 0 atom stereocenters. The minimum Gasteiger partial charge on any atom is -0.455 e. The average Bonchev–Trinajstić information content (AvgIpc) is 3.10. The zero-order valence-electron chi connectivity index (χ0n) is 11.5. The Hall–Kier alpha value is -1.38. The van der Waals surface area contributed by atoms with Gasteiger partial charge in [0.2, 0.25) is 10.0 Å². The van der Waals surface area contributed by atoms with Crippen LogP contribution in [0.1, 0.15) is 29.2 Å². The van der Waals surface area contributed by atoms with Gasteiger partial charge in [0, 0.05) is 25.8 Å². The Morgan fingerprint density at radius 1 is 1.55 bits per heavy atom. The van der Waals surface area contributed by atoms with E-state index in [1.165, 1.54) is 13.0 Å². The molecule has 2 N–H and O–H groups in total. The normalized spacial score (nSPS) is 15.3. The van der Waals surface area contributed by atoms with Crippen LogP contribution in [0, 0.1) is 6.92 Å². The number of methoxy groups -OCH3 is 1. The van der Waals surface area contributed by atoms with Crippen LogP contribution in [0.4, 0.5) is 0 Å². The number of hydrogen-bond donors (Lipinski definition) is 1. The molecule has 0 bridgehead atoms. The molecule has 1 saturated carbocycles. The van der Waals surface area contributed by atoms with Crippen LogP contribution in [-0.4, -0.2) is 45.5 Å². The van der Waals surface area contributed by atoms with Gasteiger partial charge in [-0.3, -0.25) is 4.79 Å². The highest BCUT2D eigenvalue weighted by Gasteiger charge is 2.34. The van der Waals surface area contributed by atoms with Crippen molar-refractivity contribution in [3.05, 3.63) is 17.6 Å². The second-order valence-electron chi connectivity index (χ2n) is 4.80. The lowest BCUT2D eigenvalue weighted by Gasteiger charge is -2.20. The summed E-state index contributed by atoms with van der Waals surface area (Å²) in [6, 6.07) is 1.37. The lowest BCUT2D eigenvalue weighted by molar-refractivity contribution is 0.0648. The Morgan fingerprint density at radius 3 is 2.65 bits per heavy atom. The van der Waals surface area contributed by atoms with Crippen molar-refractivity contribution in [2.75, 3.05) is 20.3 Å². The number of amides is 1. The lowest BCUT2D eigenvalue weighted by Crippen LogP contribution is -2.35. The van der Waals surface area contributed by atoms with E-state index in [9.17, 15) is 13.2 Å². The van der Waals surface area contributed by atoms with Crippen LogP contribution in [-0.2, 0) is 14.8 Å². The second-order valence-corrected chi connectivity index (χ2v) is 6.33. The number of hydrogen-bond acceptors (Lipinski definition) is 5. The number of nitrogens with two attached hydrogens (primary N) is 1. The second kappa shape index (κ2) is 5.55. The summed E-state index contributed by atoms with van der Waals surface area (Å²) in [5, 5.41) is 5.07. The highest BCUT2D eigenvalue weighted by Crippen LogP contribution is 2.29. The molecule has 8 heteroatoms. The summed E-state index contributed by atoms with van der Waals surface area (Å²) in [6.45, 7) is 2.33. The molecular weight excluding hydrogens is 284 g/mol. The molecule has 1 fully saturated rings. The maximum atomic E-state index is 12.4. The Labute approximate surface area is 117 Å². The molecule has 20 heavy (non-hydrogen) atoms. The van der Waals surface area contributed by atoms with Gasteiger partial charge in [0.15, 0.2) is 5.76 Å². The van der Waals surface area contributed by atoms with Crippen molar-refractivity contribution in [2.45, 2.75) is 30.7 Å². The number of rotatable bonds is 6. The number of sulfonamides is 1. The average molecular weight is 302 g/mol. The van der Waals surface area contributed by atoms with E-state index in [1.54, 1.807) is 12.0 Å². The fourth-order valence-electron chi connectivity index (χ4n) is 2.02. The fraction of sp³-hybridized carbons (Fsp3) is 0.583. The number of primary sulfonamides is 1. The van der Waals surface area contributed by atoms with Gasteiger partial charge >= 0.3 is 0 Å². The Kier molecular flexibility index (Phi) is 4.17. The van der Waals surface area contributed by atoms with Gasteiger partial charge in [-0.25, -0.2) is 13.6 Å². The number of nitrogens with zero attached hydrogens (tertiary/aromatic N) is 1. The Balaban J connectivity index is 2.23. The van der Waals surface area contributed by atoms with Crippen LogP contribution >= 0.6 is 0 Å². The molecule has 0 aromatic carbocycles. The maximum absolute atomic E-state index is 12.4. The molecule has 112 valence electrons. The molecule has 7 nitrogen and oxygen atoms in total. The topological polar surface area (TPSA) is 103 Å². The summed E-state index contributed by atoms with van der Waals surface area (Å²) in [5.74, 6) is -0.213. The number of carbonyl (C=O) groups excluding carboxylic acids is 1. The summed E-state index contributed by atoms with van der Waals surface area (Å²) >= 11 is 0. The van der Waals surface area contributed by atoms with E-state index < -0.39 is 10.0 Å². The van der Waals surface area contributed by atoms with Gasteiger partial charge in [-0.1, -0.05) is 0 Å². The van der Waals surface area contributed by atoms with Crippen LogP contribution in [0.3, 0.4) is 0 Å². The van der Waals surface area contributed by atoms with Gasteiger partial charge in [0.25, 0.3) is 5.91 Å². The van der Waals surface area contributed by atoms with Gasteiger partial charge in [-0.05, 0) is 19.8 Å². The molecule has 1 aromatic heterocycles. The zero-order chi connectivity index (χ0) is 14.9. The summed E-state index contributed by atoms with van der Waals surface area (Å²) in [4.78, 5) is 13.9. The largest absolute Gasteiger partial charge is 0.455 e. The number of carbonyl (C=O) groups is 1. The first kappa shape index (κ1) is 15.0. The van der Waals surface area contributed by atoms with E-state index >= 15 is 0 Å². The van der Waals surface area contributed by atoms with Gasteiger partial charge in [0.05, 0.1) is 6.61 Å². The van der Waals surface area contributed by atoms with Crippen molar-refractivity contribution in [2.24, 2.45) is 5.14 Å². The first-order valence-electron chi connectivity index (χ1n) is 6.27. The molecule has 1 amide bonds. The van der Waals surface area contributed by atoms with Crippen LogP contribution in [0.5, 0.6) is 0 Å². The molecule has 1 aliphatic rings. The third-order valence-electron chi connectivity index (χ3n) is 3.17. The first-order chi connectivity index (χ1) is 9.34. The summed E-state index contributed by atoms with van der Waals surface area (Å²) in [5.41, 5.74) is 0. The van der Waals surface area contributed by atoms with Gasteiger partial charge in [-0.2, -0.15) is 0 Å². The highest BCUT2D eigenvalue weighted by atomic mass is 32.2. The van der Waals surface area contributed by atoms with Gasteiger partial charge in [-0.15, -0.1) is 0 Å². The summed E-state index contributed by atoms with van der Waals surface area (Å²) in [6.07, 6.45) is 1.88. The number of ether oxygens (including phenoxy) is 1. The smallest absolute Gasteiger partial charge is 0.289 e. The third-order valence-corrected chi connectivity index (χ3v) is 4.19. The van der Waals surface area contributed by atoms with Crippen LogP contribution < -0.4 is 5.14 Å². The Bertz CT molecular complexity index is 603. The molecule has 1 aromatic rings. The van der Waals surface area contributed by atoms with E-state index in [1.807, 2.05) is 0 Å². The molecule has 0 unspecified atom stereocenters. The molecule has 0 aliphatic heterocycles. The van der Waals surface area contributed by atoms with E-state index in [0.29, 0.717) is 13.2 Å². The molecule has 1 heterocycles. The minimum absolute atomic E-state index is 0.00507. The number of aryl methyl sites for hydroxylation is 1. The van der Waals surface area contributed by atoms with Crippen molar-refractivity contribution in [3.8, 4) is 0 Å². The van der Waals surface area contributed by atoms with Crippen LogP contribution in [0.15, 0.2) is 15.4 Å². The predicted octanol–water partition coefficient (Wildman–Crippen LogP) is 0.486. The van der Waals surface area contributed by atoms with E-state index in [4.69, 9.17) is 14.3 Å². The Morgan fingerprint density at radius 2 is 2.20 bits per heavy atom. The fourth-order valence-corrected chi connectivity index (χ4v) is 2.73. The van der Waals surface area contributed by atoms with Crippen molar-refractivity contribution in [3.63, 3.8) is 0 Å². The van der Waals surface area contributed by atoms with Gasteiger partial charge < -0.3 is 14.1 Å². The molecule has 1 aliphatic carbocycles. The first-order valence-corrected chi connectivity index (χ1v) is 7.82. The molecule has 0 radical (unpaired) electrons.